The highest BCUT2D eigenvalue weighted by atomic mass is 19.4. The van der Waals surface area contributed by atoms with Crippen molar-refractivity contribution in [1.29, 1.82) is 0 Å². The first-order chi connectivity index (χ1) is 6.31. The van der Waals surface area contributed by atoms with Crippen LogP contribution in [0.15, 0.2) is 0 Å². The summed E-state index contributed by atoms with van der Waals surface area (Å²) in [5.41, 5.74) is 10.4. The first-order valence-electron chi connectivity index (χ1n) is 3.59. The third kappa shape index (κ3) is 2.25. The quantitative estimate of drug-likeness (QED) is 0.571. The Hall–Kier alpha value is -1.51. The molecule has 14 heavy (non-hydrogen) atoms. The minimum absolute atomic E-state index is 0.183. The molecule has 1 atom stereocenters. The molecule has 0 bridgehead atoms. The molecule has 0 saturated heterocycles. The van der Waals surface area contributed by atoms with Crippen molar-refractivity contribution in [2.75, 3.05) is 11.6 Å². The van der Waals surface area contributed by atoms with Gasteiger partial charge in [-0.25, -0.2) is 4.68 Å². The Bertz CT molecular complexity index is 318. The molecular formula is C5H9F3N6. The molecule has 1 rings (SSSR count). The van der Waals surface area contributed by atoms with Gasteiger partial charge in [-0.15, -0.1) is 10.2 Å². The number of nitrogens with zero attached hydrogens (tertiary/aromatic N) is 3. The van der Waals surface area contributed by atoms with Crippen LogP contribution in [0.4, 0.5) is 19.1 Å². The Morgan fingerprint density at radius 1 is 1.36 bits per heavy atom. The van der Waals surface area contributed by atoms with E-state index in [1.807, 2.05) is 0 Å². The number of anilines is 1. The lowest BCUT2D eigenvalue weighted by Gasteiger charge is -2.12. The van der Waals surface area contributed by atoms with Gasteiger partial charge in [0, 0.05) is 0 Å². The number of hydrogen-bond acceptors (Lipinski definition) is 5. The van der Waals surface area contributed by atoms with Crippen molar-refractivity contribution < 1.29 is 13.2 Å². The summed E-state index contributed by atoms with van der Waals surface area (Å²) in [4.78, 5) is 0. The molecule has 0 amide bonds. The third-order valence-electron chi connectivity index (χ3n) is 1.53. The number of halogens is 3. The normalized spacial score (nSPS) is 14.3. The lowest BCUT2D eigenvalue weighted by Crippen LogP contribution is -2.26. The van der Waals surface area contributed by atoms with Crippen LogP contribution in [-0.2, 0) is 0 Å². The zero-order chi connectivity index (χ0) is 10.9. The minimum Gasteiger partial charge on any atom is -0.366 e. The Balaban J connectivity index is 2.80. The Morgan fingerprint density at radius 2 is 1.93 bits per heavy atom. The van der Waals surface area contributed by atoms with Crippen LogP contribution < -0.4 is 17.3 Å². The van der Waals surface area contributed by atoms with Crippen LogP contribution in [0, 0.1) is 0 Å². The molecule has 0 aromatic carbocycles. The standard InChI is InChI=1S/C5H9F3N6/c6-5(7,8)1-2(9)3-12-13-4(10)14(3)11/h2H,1,9,11H2,(H2,10,13). The Kier molecular flexibility index (Phi) is 2.51. The average molecular weight is 210 g/mol. The van der Waals surface area contributed by atoms with Crippen molar-refractivity contribution in [1.82, 2.24) is 14.9 Å². The average Bonchev–Trinajstić information content (AvgIpc) is 2.29. The topological polar surface area (TPSA) is 109 Å². The van der Waals surface area contributed by atoms with Gasteiger partial charge >= 0.3 is 6.18 Å². The number of hydrogen-bond donors (Lipinski definition) is 3. The molecule has 0 aliphatic rings. The van der Waals surface area contributed by atoms with E-state index in [-0.39, 0.29) is 11.8 Å². The van der Waals surface area contributed by atoms with Crippen molar-refractivity contribution in [3.63, 3.8) is 0 Å². The van der Waals surface area contributed by atoms with E-state index in [9.17, 15) is 13.2 Å². The summed E-state index contributed by atoms with van der Waals surface area (Å²) in [5.74, 6) is 4.86. The van der Waals surface area contributed by atoms with Gasteiger partial charge in [-0.1, -0.05) is 0 Å². The maximum Gasteiger partial charge on any atom is 0.391 e. The predicted molar refractivity (Wildman–Crippen MR) is 42.2 cm³/mol. The van der Waals surface area contributed by atoms with Crippen LogP contribution in [0.5, 0.6) is 0 Å². The van der Waals surface area contributed by atoms with Gasteiger partial charge in [0.15, 0.2) is 5.82 Å². The van der Waals surface area contributed by atoms with Gasteiger partial charge in [-0.05, 0) is 0 Å². The molecule has 6 nitrogen and oxygen atoms in total. The van der Waals surface area contributed by atoms with E-state index in [0.717, 1.165) is 4.68 Å². The van der Waals surface area contributed by atoms with Crippen LogP contribution >= 0.6 is 0 Å². The smallest absolute Gasteiger partial charge is 0.366 e. The summed E-state index contributed by atoms with van der Waals surface area (Å²) in [6.45, 7) is 0. The molecule has 1 aromatic rings. The van der Waals surface area contributed by atoms with Gasteiger partial charge in [0.1, 0.15) is 0 Å². The van der Waals surface area contributed by atoms with Crippen molar-refractivity contribution in [3.8, 4) is 0 Å². The van der Waals surface area contributed by atoms with Gasteiger partial charge in [0.2, 0.25) is 5.95 Å². The van der Waals surface area contributed by atoms with Crippen LogP contribution in [0.2, 0.25) is 0 Å². The molecular weight excluding hydrogens is 201 g/mol. The fraction of sp³-hybridized carbons (Fsp3) is 0.600. The monoisotopic (exact) mass is 210 g/mol. The molecule has 0 spiro atoms. The second-order valence-corrected chi connectivity index (χ2v) is 2.71. The van der Waals surface area contributed by atoms with E-state index < -0.39 is 18.6 Å². The zero-order valence-corrected chi connectivity index (χ0v) is 6.99. The molecule has 0 saturated carbocycles. The van der Waals surface area contributed by atoms with Crippen LogP contribution in [0.3, 0.4) is 0 Å². The third-order valence-corrected chi connectivity index (χ3v) is 1.53. The number of nitrogen functional groups attached to an aromatic ring is 2. The lowest BCUT2D eigenvalue weighted by atomic mass is 10.2. The van der Waals surface area contributed by atoms with Gasteiger partial charge in [-0.3, -0.25) is 0 Å². The van der Waals surface area contributed by atoms with Crippen molar-refractivity contribution in [2.45, 2.75) is 18.6 Å². The second kappa shape index (κ2) is 3.33. The number of rotatable bonds is 2. The highest BCUT2D eigenvalue weighted by molar-refractivity contribution is 5.18. The maximum absolute atomic E-state index is 11.9. The van der Waals surface area contributed by atoms with E-state index in [4.69, 9.17) is 17.3 Å². The molecule has 6 N–H and O–H groups in total. The highest BCUT2D eigenvalue weighted by Crippen LogP contribution is 2.26. The van der Waals surface area contributed by atoms with Crippen molar-refractivity contribution >= 4 is 5.95 Å². The molecule has 1 heterocycles. The van der Waals surface area contributed by atoms with Crippen molar-refractivity contribution in [3.05, 3.63) is 5.82 Å². The molecule has 0 fully saturated rings. The van der Waals surface area contributed by atoms with Crippen LogP contribution in [-0.4, -0.2) is 21.0 Å². The molecule has 1 aromatic heterocycles. The first kappa shape index (κ1) is 10.6. The second-order valence-electron chi connectivity index (χ2n) is 2.71. The fourth-order valence-electron chi connectivity index (χ4n) is 0.910. The van der Waals surface area contributed by atoms with Gasteiger partial charge in [0.05, 0.1) is 12.5 Å². The fourth-order valence-corrected chi connectivity index (χ4v) is 0.910. The summed E-state index contributed by atoms with van der Waals surface area (Å²) in [5, 5.41) is 6.62. The molecule has 80 valence electrons. The molecule has 9 heteroatoms. The van der Waals surface area contributed by atoms with Crippen LogP contribution in [0.25, 0.3) is 0 Å². The first-order valence-corrected chi connectivity index (χ1v) is 3.59. The number of nitrogens with two attached hydrogens (primary N) is 3. The van der Waals surface area contributed by atoms with E-state index in [1.54, 1.807) is 0 Å². The highest BCUT2D eigenvalue weighted by Gasteiger charge is 2.33. The summed E-state index contributed by atoms with van der Waals surface area (Å²) >= 11 is 0. The minimum atomic E-state index is -4.37. The van der Waals surface area contributed by atoms with Gasteiger partial charge in [0.25, 0.3) is 0 Å². The maximum atomic E-state index is 11.9. The Morgan fingerprint density at radius 3 is 2.29 bits per heavy atom. The Labute approximate surface area is 76.8 Å². The number of aromatic nitrogens is 3. The summed E-state index contributed by atoms with van der Waals surface area (Å²) in [6.07, 6.45) is -5.59. The van der Waals surface area contributed by atoms with Gasteiger partial charge < -0.3 is 17.3 Å². The molecule has 0 aliphatic carbocycles. The van der Waals surface area contributed by atoms with E-state index in [2.05, 4.69) is 10.2 Å². The van der Waals surface area contributed by atoms with E-state index in [0.29, 0.717) is 0 Å². The molecule has 0 aliphatic heterocycles. The SMILES string of the molecule is Nc1nnc(C(N)CC(F)(F)F)n1N. The van der Waals surface area contributed by atoms with Crippen molar-refractivity contribution in [2.24, 2.45) is 5.73 Å². The number of alkyl halides is 3. The largest absolute Gasteiger partial charge is 0.391 e. The zero-order valence-electron chi connectivity index (χ0n) is 6.99. The predicted octanol–water partition coefficient (Wildman–Crippen LogP) is -0.474. The van der Waals surface area contributed by atoms with Gasteiger partial charge in [-0.2, -0.15) is 13.2 Å². The van der Waals surface area contributed by atoms with E-state index in [1.165, 1.54) is 0 Å². The lowest BCUT2D eigenvalue weighted by molar-refractivity contribution is -0.139. The molecule has 1 unspecified atom stereocenters. The summed E-state index contributed by atoms with van der Waals surface area (Å²) < 4.78 is 36.5. The summed E-state index contributed by atoms with van der Waals surface area (Å²) in [7, 11) is 0. The molecule has 0 radical (unpaired) electrons. The summed E-state index contributed by atoms with van der Waals surface area (Å²) in [6, 6.07) is -1.36. The van der Waals surface area contributed by atoms with Crippen LogP contribution in [0.1, 0.15) is 18.3 Å². The van der Waals surface area contributed by atoms with E-state index >= 15 is 0 Å².